The number of aromatic nitrogens is 1. The first-order valence-corrected chi connectivity index (χ1v) is 9.46. The molecule has 3 N–H and O–H groups in total. The molecule has 2 aromatic carbocycles. The zero-order valence-corrected chi connectivity index (χ0v) is 16.6. The van der Waals surface area contributed by atoms with Gasteiger partial charge < -0.3 is 16.0 Å². The Balaban J connectivity index is 1.66. The maximum atomic E-state index is 12.5. The summed E-state index contributed by atoms with van der Waals surface area (Å²) in [7, 11) is 1.78. The first-order valence-electron chi connectivity index (χ1n) is 9.08. The molecule has 0 bridgehead atoms. The van der Waals surface area contributed by atoms with Gasteiger partial charge in [-0.15, -0.1) is 0 Å². The van der Waals surface area contributed by atoms with Gasteiger partial charge in [0.2, 0.25) is 0 Å². The average molecular weight is 395 g/mol. The monoisotopic (exact) mass is 394 g/mol. The lowest BCUT2D eigenvalue weighted by atomic mass is 10.1. The normalized spacial score (nSPS) is 11.7. The van der Waals surface area contributed by atoms with E-state index in [9.17, 15) is 4.79 Å². The van der Waals surface area contributed by atoms with E-state index in [0.29, 0.717) is 28.6 Å². The van der Waals surface area contributed by atoms with Gasteiger partial charge in [0.15, 0.2) is 0 Å². The van der Waals surface area contributed by atoms with Crippen LogP contribution < -0.4 is 16.0 Å². The molecule has 0 radical (unpaired) electrons. The zero-order valence-electron chi connectivity index (χ0n) is 15.9. The fraction of sp³-hybridized carbons (Fsp3) is 0.182. The van der Waals surface area contributed by atoms with Crippen LogP contribution in [0.1, 0.15) is 34.5 Å². The Kier molecular flexibility index (Phi) is 6.63. The van der Waals surface area contributed by atoms with E-state index in [0.717, 1.165) is 5.56 Å². The molecule has 5 nitrogen and oxygen atoms in total. The number of hydrogen-bond donors (Lipinski definition) is 3. The lowest BCUT2D eigenvalue weighted by molar-refractivity contribution is 0.102. The molecule has 1 heterocycles. The van der Waals surface area contributed by atoms with Gasteiger partial charge in [-0.2, -0.15) is 0 Å². The minimum atomic E-state index is -0.250. The van der Waals surface area contributed by atoms with Crippen LogP contribution >= 0.6 is 11.6 Å². The first kappa shape index (κ1) is 19.9. The summed E-state index contributed by atoms with van der Waals surface area (Å²) in [5, 5.41) is 9.77. The van der Waals surface area contributed by atoms with Gasteiger partial charge in [-0.25, -0.2) is 4.98 Å². The van der Waals surface area contributed by atoms with Crippen LogP contribution in [0, 0.1) is 0 Å². The number of nitrogens with zero attached hydrogens (tertiary/aromatic N) is 1. The van der Waals surface area contributed by atoms with E-state index in [1.54, 1.807) is 25.2 Å². The summed E-state index contributed by atoms with van der Waals surface area (Å²) in [5.74, 6) is 0.454. The summed E-state index contributed by atoms with van der Waals surface area (Å²) in [6, 6.07) is 19.6. The molecule has 0 saturated heterocycles. The van der Waals surface area contributed by atoms with Crippen molar-refractivity contribution in [1.82, 2.24) is 10.3 Å². The van der Waals surface area contributed by atoms with E-state index >= 15 is 0 Å². The lowest BCUT2D eigenvalue weighted by Gasteiger charge is -2.15. The maximum Gasteiger partial charge on any atom is 0.257 e. The Morgan fingerprint density at radius 3 is 2.57 bits per heavy atom. The highest BCUT2D eigenvalue weighted by Gasteiger charge is 2.11. The van der Waals surface area contributed by atoms with Crippen molar-refractivity contribution in [2.75, 3.05) is 17.7 Å². The molecule has 6 heteroatoms. The second kappa shape index (κ2) is 9.35. The molecule has 0 spiro atoms. The van der Waals surface area contributed by atoms with Crippen LogP contribution in [0.4, 0.5) is 11.5 Å². The second-order valence-electron chi connectivity index (χ2n) is 6.46. The molecule has 3 rings (SSSR count). The van der Waals surface area contributed by atoms with Crippen molar-refractivity contribution < 1.29 is 4.79 Å². The number of hydrogen-bond acceptors (Lipinski definition) is 4. The van der Waals surface area contributed by atoms with E-state index < -0.39 is 0 Å². The van der Waals surface area contributed by atoms with Crippen molar-refractivity contribution >= 4 is 29.0 Å². The number of pyridine rings is 1. The molecule has 0 fully saturated rings. The first-order chi connectivity index (χ1) is 13.6. The van der Waals surface area contributed by atoms with E-state index in [-0.39, 0.29) is 11.9 Å². The van der Waals surface area contributed by atoms with Crippen molar-refractivity contribution in [2.45, 2.75) is 19.5 Å². The Labute approximate surface area is 170 Å². The number of carbonyl (C=O) groups is 1. The van der Waals surface area contributed by atoms with Gasteiger partial charge in [-0.1, -0.05) is 48.0 Å². The second-order valence-corrected chi connectivity index (χ2v) is 6.87. The molecule has 0 aliphatic rings. The van der Waals surface area contributed by atoms with Crippen LogP contribution in [0.5, 0.6) is 0 Å². The van der Waals surface area contributed by atoms with Gasteiger partial charge in [0.25, 0.3) is 5.91 Å². The topological polar surface area (TPSA) is 66.1 Å². The molecular formula is C22H23ClN4O. The summed E-state index contributed by atoms with van der Waals surface area (Å²) in [5.41, 5.74) is 3.31. The molecule has 1 amide bonds. The number of carbonyl (C=O) groups excluding carboxylic acids is 1. The molecule has 0 unspecified atom stereocenters. The minimum Gasteiger partial charge on any atom is -0.373 e. The van der Waals surface area contributed by atoms with Crippen LogP contribution in [0.2, 0.25) is 5.02 Å². The standard InChI is InChI=1S/C22H23ClN4O/c1-15(17-6-4-3-5-7-17)25-13-16-8-10-19(23)20(12-16)27-22(28)18-9-11-21(24-2)26-14-18/h3-12,14-15,25H,13H2,1-2H3,(H,24,26)(H,27,28)/t15-/m1/s1. The molecule has 3 aromatic rings. The highest BCUT2D eigenvalue weighted by atomic mass is 35.5. The SMILES string of the molecule is CNc1ccc(C(=O)Nc2cc(CN[C@H](C)c3ccccc3)ccc2Cl)cn1. The van der Waals surface area contributed by atoms with Gasteiger partial charge in [0, 0.05) is 25.8 Å². The van der Waals surface area contributed by atoms with Gasteiger partial charge in [0.05, 0.1) is 16.3 Å². The van der Waals surface area contributed by atoms with Gasteiger partial charge in [-0.3, -0.25) is 4.79 Å². The zero-order chi connectivity index (χ0) is 19.9. The molecule has 0 aliphatic carbocycles. The predicted molar refractivity (Wildman–Crippen MR) is 115 cm³/mol. The molecule has 0 aliphatic heterocycles. The van der Waals surface area contributed by atoms with E-state index in [1.165, 1.54) is 11.8 Å². The number of amides is 1. The highest BCUT2D eigenvalue weighted by Crippen LogP contribution is 2.24. The largest absolute Gasteiger partial charge is 0.373 e. The fourth-order valence-electron chi connectivity index (χ4n) is 2.78. The Morgan fingerprint density at radius 1 is 1.11 bits per heavy atom. The summed E-state index contributed by atoms with van der Waals surface area (Å²) in [6.07, 6.45) is 1.53. The molecular weight excluding hydrogens is 372 g/mol. The summed E-state index contributed by atoms with van der Waals surface area (Å²) >= 11 is 6.27. The van der Waals surface area contributed by atoms with Crippen molar-refractivity contribution in [3.63, 3.8) is 0 Å². The van der Waals surface area contributed by atoms with Crippen LogP contribution in [-0.2, 0) is 6.54 Å². The summed E-state index contributed by atoms with van der Waals surface area (Å²) in [6.45, 7) is 2.78. The average Bonchev–Trinajstić information content (AvgIpc) is 2.74. The summed E-state index contributed by atoms with van der Waals surface area (Å²) < 4.78 is 0. The molecule has 1 aromatic heterocycles. The number of benzene rings is 2. The van der Waals surface area contributed by atoms with Crippen molar-refractivity contribution in [3.8, 4) is 0 Å². The van der Waals surface area contributed by atoms with Crippen molar-refractivity contribution in [2.24, 2.45) is 0 Å². The van der Waals surface area contributed by atoms with E-state index in [1.807, 2.05) is 30.3 Å². The number of nitrogens with one attached hydrogen (secondary N) is 3. The van der Waals surface area contributed by atoms with E-state index in [4.69, 9.17) is 11.6 Å². The summed E-state index contributed by atoms with van der Waals surface area (Å²) in [4.78, 5) is 16.6. The highest BCUT2D eigenvalue weighted by molar-refractivity contribution is 6.34. The molecule has 0 saturated carbocycles. The van der Waals surface area contributed by atoms with Gasteiger partial charge in [-0.05, 0) is 42.3 Å². The third-order valence-corrected chi connectivity index (χ3v) is 4.80. The Hall–Kier alpha value is -2.89. The quantitative estimate of drug-likeness (QED) is 0.534. The molecule has 28 heavy (non-hydrogen) atoms. The third-order valence-electron chi connectivity index (χ3n) is 4.47. The number of halogens is 1. The number of anilines is 2. The number of rotatable bonds is 7. The van der Waals surface area contributed by atoms with Crippen molar-refractivity contribution in [1.29, 1.82) is 0 Å². The third kappa shape index (κ3) is 5.09. The molecule has 1 atom stereocenters. The Bertz CT molecular complexity index is 929. The van der Waals surface area contributed by atoms with Crippen LogP contribution in [0.25, 0.3) is 0 Å². The van der Waals surface area contributed by atoms with Crippen LogP contribution in [0.15, 0.2) is 66.9 Å². The smallest absolute Gasteiger partial charge is 0.257 e. The van der Waals surface area contributed by atoms with Crippen LogP contribution in [-0.4, -0.2) is 17.9 Å². The predicted octanol–water partition coefficient (Wildman–Crippen LogP) is 4.88. The van der Waals surface area contributed by atoms with Gasteiger partial charge >= 0.3 is 0 Å². The Morgan fingerprint density at radius 2 is 1.89 bits per heavy atom. The van der Waals surface area contributed by atoms with Gasteiger partial charge in [0.1, 0.15) is 5.82 Å². The maximum absolute atomic E-state index is 12.5. The lowest BCUT2D eigenvalue weighted by Crippen LogP contribution is -2.18. The fourth-order valence-corrected chi connectivity index (χ4v) is 2.94. The van der Waals surface area contributed by atoms with Crippen LogP contribution in [0.3, 0.4) is 0 Å². The minimum absolute atomic E-state index is 0.215. The van der Waals surface area contributed by atoms with Crippen molar-refractivity contribution in [3.05, 3.63) is 88.6 Å². The molecule has 144 valence electrons. The van der Waals surface area contributed by atoms with E-state index in [2.05, 4.69) is 40.0 Å².